The number of carbonyl (C=O) groups is 2. The van der Waals surface area contributed by atoms with Crippen molar-refractivity contribution < 1.29 is 19.1 Å². The molecule has 5 heteroatoms. The molecule has 126 valence electrons. The lowest BCUT2D eigenvalue weighted by atomic mass is 10.0. The van der Waals surface area contributed by atoms with Crippen LogP contribution >= 0.6 is 0 Å². The van der Waals surface area contributed by atoms with E-state index in [1.54, 1.807) is 0 Å². The molecule has 0 aliphatic heterocycles. The molecule has 3 aromatic carbocycles. The molecule has 1 atom stereocenters. The van der Waals surface area contributed by atoms with E-state index in [0.717, 1.165) is 22.4 Å². The monoisotopic (exact) mass is 337 g/mol. The van der Waals surface area contributed by atoms with Gasteiger partial charge in [0.2, 0.25) is 0 Å². The van der Waals surface area contributed by atoms with Crippen LogP contribution in [0.15, 0.2) is 66.7 Å². The zero-order valence-electron chi connectivity index (χ0n) is 13.3. The SMILES string of the molecule is O=C(N[C@@H](Cc1ccc2ccccc2c1)C(=O)O)c1cccc(F)c1. The maximum absolute atomic E-state index is 13.2. The highest BCUT2D eigenvalue weighted by molar-refractivity contribution is 5.96. The van der Waals surface area contributed by atoms with Gasteiger partial charge in [-0.25, -0.2) is 9.18 Å². The molecular weight excluding hydrogens is 321 g/mol. The van der Waals surface area contributed by atoms with Crippen molar-refractivity contribution >= 4 is 22.6 Å². The predicted octanol–water partition coefficient (Wildman–Crippen LogP) is 3.40. The third-order valence-electron chi connectivity index (χ3n) is 3.94. The van der Waals surface area contributed by atoms with Crippen molar-refractivity contribution in [1.82, 2.24) is 5.32 Å². The van der Waals surface area contributed by atoms with Gasteiger partial charge >= 0.3 is 5.97 Å². The second-order valence-corrected chi connectivity index (χ2v) is 5.76. The lowest BCUT2D eigenvalue weighted by molar-refractivity contribution is -0.139. The number of halogens is 1. The number of fused-ring (bicyclic) bond motifs is 1. The summed E-state index contributed by atoms with van der Waals surface area (Å²) in [6, 6.07) is 17.5. The van der Waals surface area contributed by atoms with Gasteiger partial charge in [-0.15, -0.1) is 0 Å². The topological polar surface area (TPSA) is 66.4 Å². The fourth-order valence-electron chi connectivity index (χ4n) is 2.67. The number of nitrogens with one attached hydrogen (secondary N) is 1. The average molecular weight is 337 g/mol. The van der Waals surface area contributed by atoms with Crippen LogP contribution in [0.5, 0.6) is 0 Å². The lowest BCUT2D eigenvalue weighted by Crippen LogP contribution is -2.42. The molecule has 0 heterocycles. The first-order chi connectivity index (χ1) is 12.0. The molecule has 0 unspecified atom stereocenters. The number of carboxylic acids is 1. The maximum Gasteiger partial charge on any atom is 0.326 e. The van der Waals surface area contributed by atoms with Crippen molar-refractivity contribution in [1.29, 1.82) is 0 Å². The van der Waals surface area contributed by atoms with Crippen molar-refractivity contribution in [3.8, 4) is 0 Å². The van der Waals surface area contributed by atoms with E-state index in [1.807, 2.05) is 42.5 Å². The molecule has 0 bridgehead atoms. The van der Waals surface area contributed by atoms with Crippen molar-refractivity contribution in [2.45, 2.75) is 12.5 Å². The van der Waals surface area contributed by atoms with Crippen LogP contribution in [0.4, 0.5) is 4.39 Å². The normalized spacial score (nSPS) is 11.9. The summed E-state index contributed by atoms with van der Waals surface area (Å²) < 4.78 is 13.2. The van der Waals surface area contributed by atoms with E-state index in [4.69, 9.17) is 0 Å². The summed E-state index contributed by atoms with van der Waals surface area (Å²) in [6.45, 7) is 0. The maximum atomic E-state index is 13.2. The number of hydrogen-bond acceptors (Lipinski definition) is 2. The molecule has 0 saturated heterocycles. The second-order valence-electron chi connectivity index (χ2n) is 5.76. The van der Waals surface area contributed by atoms with Gasteiger partial charge in [-0.3, -0.25) is 4.79 Å². The third-order valence-corrected chi connectivity index (χ3v) is 3.94. The molecule has 4 nitrogen and oxygen atoms in total. The number of aliphatic carboxylic acids is 1. The van der Waals surface area contributed by atoms with E-state index >= 15 is 0 Å². The highest BCUT2D eigenvalue weighted by Gasteiger charge is 2.21. The zero-order chi connectivity index (χ0) is 17.8. The van der Waals surface area contributed by atoms with E-state index < -0.39 is 23.7 Å². The Balaban J connectivity index is 1.78. The Labute approximate surface area is 143 Å². The lowest BCUT2D eigenvalue weighted by Gasteiger charge is -2.15. The number of carbonyl (C=O) groups excluding carboxylic acids is 1. The third kappa shape index (κ3) is 4.01. The summed E-state index contributed by atoms with van der Waals surface area (Å²) in [5.74, 6) is -2.31. The van der Waals surface area contributed by atoms with Crippen molar-refractivity contribution in [2.75, 3.05) is 0 Å². The van der Waals surface area contributed by atoms with E-state index in [2.05, 4.69) is 5.32 Å². The molecule has 25 heavy (non-hydrogen) atoms. The Bertz CT molecular complexity index is 939. The fraction of sp³-hybridized carbons (Fsp3) is 0.100. The van der Waals surface area contributed by atoms with Crippen LogP contribution in [0.2, 0.25) is 0 Å². The Morgan fingerprint density at radius 2 is 1.72 bits per heavy atom. The Kier molecular flexibility index (Phi) is 4.75. The number of hydrogen-bond donors (Lipinski definition) is 2. The van der Waals surface area contributed by atoms with Crippen LogP contribution in [-0.2, 0) is 11.2 Å². The number of carboxylic acid groups (broad SMARTS) is 1. The Hall–Kier alpha value is -3.21. The first-order valence-electron chi connectivity index (χ1n) is 7.80. The number of benzene rings is 3. The van der Waals surface area contributed by atoms with Gasteiger partial charge in [0.25, 0.3) is 5.91 Å². The van der Waals surface area contributed by atoms with Crippen molar-refractivity contribution in [3.05, 3.63) is 83.7 Å². The molecular formula is C20H16FNO3. The molecule has 3 rings (SSSR count). The summed E-state index contributed by atoms with van der Waals surface area (Å²) in [5, 5.41) is 13.9. The highest BCUT2D eigenvalue weighted by Crippen LogP contribution is 2.17. The summed E-state index contributed by atoms with van der Waals surface area (Å²) >= 11 is 0. The molecule has 0 aromatic heterocycles. The summed E-state index contributed by atoms with van der Waals surface area (Å²) in [6.07, 6.45) is 0.140. The van der Waals surface area contributed by atoms with Gasteiger partial charge in [0, 0.05) is 12.0 Å². The highest BCUT2D eigenvalue weighted by atomic mass is 19.1. The second kappa shape index (κ2) is 7.13. The van der Waals surface area contributed by atoms with Gasteiger partial charge in [-0.05, 0) is 34.5 Å². The minimum atomic E-state index is -1.14. The molecule has 0 aliphatic rings. The average Bonchev–Trinajstić information content (AvgIpc) is 2.61. The molecule has 0 aliphatic carbocycles. The number of rotatable bonds is 5. The van der Waals surface area contributed by atoms with Crippen LogP contribution in [0.1, 0.15) is 15.9 Å². The largest absolute Gasteiger partial charge is 0.480 e. The number of amides is 1. The van der Waals surface area contributed by atoms with Crippen LogP contribution in [0, 0.1) is 5.82 Å². The summed E-state index contributed by atoms with van der Waals surface area (Å²) in [7, 11) is 0. The standard InChI is InChI=1S/C20H16FNO3/c21-17-7-3-6-16(12-17)19(23)22-18(20(24)25)11-13-8-9-14-4-1-2-5-15(14)10-13/h1-10,12,18H,11H2,(H,22,23)(H,24,25)/t18-/m0/s1. The molecule has 0 radical (unpaired) electrons. The minimum Gasteiger partial charge on any atom is -0.480 e. The molecule has 0 saturated carbocycles. The molecule has 0 spiro atoms. The van der Waals surface area contributed by atoms with Gasteiger partial charge in [-0.2, -0.15) is 0 Å². The molecule has 2 N–H and O–H groups in total. The van der Waals surface area contributed by atoms with Crippen LogP contribution in [-0.4, -0.2) is 23.0 Å². The van der Waals surface area contributed by atoms with Gasteiger partial charge in [-0.1, -0.05) is 48.5 Å². The van der Waals surface area contributed by atoms with Crippen LogP contribution in [0.25, 0.3) is 10.8 Å². The minimum absolute atomic E-state index is 0.0877. The fourth-order valence-corrected chi connectivity index (χ4v) is 2.67. The van der Waals surface area contributed by atoms with Gasteiger partial charge in [0.15, 0.2) is 0 Å². The van der Waals surface area contributed by atoms with Crippen molar-refractivity contribution in [2.24, 2.45) is 0 Å². The molecule has 1 amide bonds. The van der Waals surface area contributed by atoms with E-state index in [0.29, 0.717) is 0 Å². The summed E-state index contributed by atoms with van der Waals surface area (Å²) in [5.41, 5.74) is 0.885. The van der Waals surface area contributed by atoms with E-state index in [-0.39, 0.29) is 12.0 Å². The first kappa shape index (κ1) is 16.6. The van der Waals surface area contributed by atoms with Gasteiger partial charge in [0.1, 0.15) is 11.9 Å². The van der Waals surface area contributed by atoms with Gasteiger partial charge in [0.05, 0.1) is 0 Å². The van der Waals surface area contributed by atoms with E-state index in [9.17, 15) is 19.1 Å². The summed E-state index contributed by atoms with van der Waals surface area (Å²) in [4.78, 5) is 23.7. The predicted molar refractivity (Wildman–Crippen MR) is 92.9 cm³/mol. The molecule has 3 aromatic rings. The smallest absolute Gasteiger partial charge is 0.326 e. The van der Waals surface area contributed by atoms with Gasteiger partial charge < -0.3 is 10.4 Å². The quantitative estimate of drug-likeness (QED) is 0.750. The zero-order valence-corrected chi connectivity index (χ0v) is 13.3. The van der Waals surface area contributed by atoms with Crippen LogP contribution < -0.4 is 5.32 Å². The Morgan fingerprint density at radius 3 is 2.44 bits per heavy atom. The van der Waals surface area contributed by atoms with Crippen LogP contribution in [0.3, 0.4) is 0 Å². The van der Waals surface area contributed by atoms with E-state index in [1.165, 1.54) is 18.2 Å². The Morgan fingerprint density at radius 1 is 0.960 bits per heavy atom. The van der Waals surface area contributed by atoms with Crippen molar-refractivity contribution in [3.63, 3.8) is 0 Å². The molecule has 0 fully saturated rings. The first-order valence-corrected chi connectivity index (χ1v) is 7.80.